The zero-order chi connectivity index (χ0) is 18.6. The third kappa shape index (κ3) is 3.64. The van der Waals surface area contributed by atoms with E-state index in [-0.39, 0.29) is 24.8 Å². The topological polar surface area (TPSA) is 89.4 Å². The van der Waals surface area contributed by atoms with Crippen molar-refractivity contribution in [2.45, 2.75) is 6.42 Å². The highest BCUT2D eigenvalue weighted by Crippen LogP contribution is 2.31. The second-order valence-electron chi connectivity index (χ2n) is 5.99. The molecular formula is C19H17N5O3. The van der Waals surface area contributed by atoms with Gasteiger partial charge in [-0.15, -0.1) is 0 Å². The zero-order valence-corrected chi connectivity index (χ0v) is 14.4. The summed E-state index contributed by atoms with van der Waals surface area (Å²) in [7, 11) is 0. The molecule has 27 heavy (non-hydrogen) atoms. The van der Waals surface area contributed by atoms with Crippen LogP contribution < -0.4 is 15.0 Å². The highest BCUT2D eigenvalue weighted by molar-refractivity contribution is 5.99. The number of anilines is 2. The minimum Gasteiger partial charge on any atom is -0.482 e. The van der Waals surface area contributed by atoms with E-state index in [0.29, 0.717) is 23.7 Å². The molecule has 0 radical (unpaired) electrons. The number of carbonyl (C=O) groups excluding carboxylic acids is 2. The van der Waals surface area contributed by atoms with E-state index in [1.54, 1.807) is 28.0 Å². The van der Waals surface area contributed by atoms with Crippen LogP contribution in [0.3, 0.4) is 0 Å². The molecule has 0 atom stereocenters. The number of aromatic nitrogens is 3. The molecule has 8 nitrogen and oxygen atoms in total. The molecule has 0 saturated carbocycles. The van der Waals surface area contributed by atoms with Gasteiger partial charge in [0, 0.05) is 18.7 Å². The van der Waals surface area contributed by atoms with Crippen LogP contribution in [0.4, 0.5) is 11.4 Å². The number of rotatable bonds is 5. The van der Waals surface area contributed by atoms with Gasteiger partial charge in [-0.3, -0.25) is 9.59 Å². The quantitative estimate of drug-likeness (QED) is 0.749. The van der Waals surface area contributed by atoms with Gasteiger partial charge in [0.2, 0.25) is 5.91 Å². The highest BCUT2D eigenvalue weighted by atomic mass is 16.5. The Bertz CT molecular complexity index is 954. The van der Waals surface area contributed by atoms with Crippen LogP contribution in [-0.2, 0) is 9.59 Å². The first-order valence-electron chi connectivity index (χ1n) is 8.48. The number of carbonyl (C=O) groups is 2. The van der Waals surface area contributed by atoms with Gasteiger partial charge >= 0.3 is 0 Å². The second-order valence-corrected chi connectivity index (χ2v) is 5.99. The standard InChI is InChI=1S/C19H17N5O3/c25-18(22-14-5-7-15(8-6-14)24-13-20-12-21-24)9-10-23-16-3-1-2-4-17(16)27-11-19(23)26/h1-8,12-13H,9-11H2,(H,22,25). The van der Waals surface area contributed by atoms with E-state index in [1.165, 1.54) is 6.33 Å². The predicted molar refractivity (Wildman–Crippen MR) is 98.9 cm³/mol. The first-order valence-corrected chi connectivity index (χ1v) is 8.48. The minimum absolute atomic E-state index is 0.0115. The van der Waals surface area contributed by atoms with Gasteiger partial charge in [0.25, 0.3) is 5.91 Å². The van der Waals surface area contributed by atoms with Crippen LogP contribution in [0.15, 0.2) is 61.2 Å². The molecule has 0 bridgehead atoms. The number of fused-ring (bicyclic) bond motifs is 1. The van der Waals surface area contributed by atoms with Crippen molar-refractivity contribution in [3.8, 4) is 11.4 Å². The Morgan fingerprint density at radius 2 is 1.96 bits per heavy atom. The van der Waals surface area contributed by atoms with Gasteiger partial charge in [-0.05, 0) is 36.4 Å². The Morgan fingerprint density at radius 1 is 1.15 bits per heavy atom. The van der Waals surface area contributed by atoms with E-state index in [9.17, 15) is 9.59 Å². The fourth-order valence-electron chi connectivity index (χ4n) is 2.88. The average Bonchev–Trinajstić information content (AvgIpc) is 3.22. The summed E-state index contributed by atoms with van der Waals surface area (Å²) in [4.78, 5) is 29.9. The fraction of sp³-hybridized carbons (Fsp3) is 0.158. The van der Waals surface area contributed by atoms with Crippen LogP contribution in [0, 0.1) is 0 Å². The van der Waals surface area contributed by atoms with E-state index in [1.807, 2.05) is 36.4 Å². The number of hydrogen-bond donors (Lipinski definition) is 1. The number of benzene rings is 2. The molecule has 0 fully saturated rings. The molecule has 136 valence electrons. The number of para-hydroxylation sites is 2. The van der Waals surface area contributed by atoms with Crippen molar-refractivity contribution in [3.05, 3.63) is 61.2 Å². The number of nitrogens with one attached hydrogen (secondary N) is 1. The molecule has 2 heterocycles. The second kappa shape index (κ2) is 7.28. The van der Waals surface area contributed by atoms with Crippen LogP contribution in [-0.4, -0.2) is 39.7 Å². The maximum absolute atomic E-state index is 12.3. The Morgan fingerprint density at radius 3 is 2.74 bits per heavy atom. The van der Waals surface area contributed by atoms with Crippen LogP contribution in [0.5, 0.6) is 5.75 Å². The van der Waals surface area contributed by atoms with Crippen LogP contribution >= 0.6 is 0 Å². The van der Waals surface area contributed by atoms with Gasteiger partial charge in [0.1, 0.15) is 18.4 Å². The van der Waals surface area contributed by atoms with E-state index in [2.05, 4.69) is 15.4 Å². The van der Waals surface area contributed by atoms with Crippen molar-refractivity contribution in [1.29, 1.82) is 0 Å². The Hall–Kier alpha value is -3.68. The lowest BCUT2D eigenvalue weighted by Crippen LogP contribution is -2.40. The molecule has 1 aromatic heterocycles. The van der Waals surface area contributed by atoms with Gasteiger partial charge in [0.05, 0.1) is 11.4 Å². The lowest BCUT2D eigenvalue weighted by atomic mass is 10.2. The third-order valence-electron chi connectivity index (χ3n) is 4.21. The average molecular weight is 363 g/mol. The van der Waals surface area contributed by atoms with Crippen molar-refractivity contribution < 1.29 is 14.3 Å². The summed E-state index contributed by atoms with van der Waals surface area (Å²) >= 11 is 0. The molecule has 8 heteroatoms. The molecule has 3 aromatic rings. The third-order valence-corrected chi connectivity index (χ3v) is 4.21. The molecule has 2 aromatic carbocycles. The van der Waals surface area contributed by atoms with Crippen molar-refractivity contribution >= 4 is 23.2 Å². The first-order chi connectivity index (χ1) is 13.2. The molecule has 0 aliphatic carbocycles. The number of hydrogen-bond acceptors (Lipinski definition) is 5. The monoisotopic (exact) mass is 363 g/mol. The maximum atomic E-state index is 12.3. The van der Waals surface area contributed by atoms with E-state index < -0.39 is 0 Å². The summed E-state index contributed by atoms with van der Waals surface area (Å²) in [5.74, 6) is 0.333. The summed E-state index contributed by atoms with van der Waals surface area (Å²) in [5.41, 5.74) is 2.22. The summed E-state index contributed by atoms with van der Waals surface area (Å²) < 4.78 is 7.04. The van der Waals surface area contributed by atoms with Crippen molar-refractivity contribution in [2.75, 3.05) is 23.4 Å². The molecule has 0 unspecified atom stereocenters. The van der Waals surface area contributed by atoms with Crippen molar-refractivity contribution in [2.24, 2.45) is 0 Å². The van der Waals surface area contributed by atoms with Gasteiger partial charge < -0.3 is 15.0 Å². The molecule has 1 aliphatic heterocycles. The molecule has 0 saturated heterocycles. The molecule has 1 N–H and O–H groups in total. The minimum atomic E-state index is -0.166. The molecule has 1 aliphatic rings. The smallest absolute Gasteiger partial charge is 0.265 e. The first kappa shape index (κ1) is 16.8. The lowest BCUT2D eigenvalue weighted by Gasteiger charge is -2.29. The summed E-state index contributed by atoms with van der Waals surface area (Å²) in [6.07, 6.45) is 3.25. The molecular weight excluding hydrogens is 346 g/mol. The Kier molecular flexibility index (Phi) is 4.52. The number of amides is 2. The predicted octanol–water partition coefficient (Wildman–Crippen LogP) is 2.02. The zero-order valence-electron chi connectivity index (χ0n) is 14.4. The van der Waals surface area contributed by atoms with Crippen LogP contribution in [0.25, 0.3) is 5.69 Å². The van der Waals surface area contributed by atoms with Gasteiger partial charge in [-0.1, -0.05) is 12.1 Å². The van der Waals surface area contributed by atoms with Gasteiger partial charge in [-0.25, -0.2) is 9.67 Å². The normalized spacial score (nSPS) is 13.0. The molecule has 4 rings (SSSR count). The largest absolute Gasteiger partial charge is 0.482 e. The lowest BCUT2D eigenvalue weighted by molar-refractivity contribution is -0.121. The van der Waals surface area contributed by atoms with Crippen LogP contribution in [0.1, 0.15) is 6.42 Å². The van der Waals surface area contributed by atoms with Gasteiger partial charge in [0.15, 0.2) is 6.61 Å². The van der Waals surface area contributed by atoms with Crippen molar-refractivity contribution in [1.82, 2.24) is 14.8 Å². The highest BCUT2D eigenvalue weighted by Gasteiger charge is 2.25. The van der Waals surface area contributed by atoms with Crippen molar-refractivity contribution in [3.63, 3.8) is 0 Å². The summed E-state index contributed by atoms with van der Waals surface area (Å²) in [5, 5.41) is 6.89. The van der Waals surface area contributed by atoms with E-state index >= 15 is 0 Å². The SMILES string of the molecule is O=C(CCN1C(=O)COc2ccccc21)Nc1ccc(-n2cncn2)cc1. The van der Waals surface area contributed by atoms with Crippen LogP contribution in [0.2, 0.25) is 0 Å². The van der Waals surface area contributed by atoms with Gasteiger partial charge in [-0.2, -0.15) is 5.10 Å². The summed E-state index contributed by atoms with van der Waals surface area (Å²) in [6, 6.07) is 14.6. The maximum Gasteiger partial charge on any atom is 0.265 e. The van der Waals surface area contributed by atoms with E-state index in [4.69, 9.17) is 4.74 Å². The fourth-order valence-corrected chi connectivity index (χ4v) is 2.88. The number of ether oxygens (including phenoxy) is 1. The number of nitrogens with zero attached hydrogens (tertiary/aromatic N) is 4. The molecule has 0 spiro atoms. The Balaban J connectivity index is 1.37. The Labute approximate surface area is 155 Å². The molecule has 2 amide bonds. The van der Waals surface area contributed by atoms with E-state index in [0.717, 1.165) is 5.69 Å². The summed E-state index contributed by atoms with van der Waals surface area (Å²) in [6.45, 7) is 0.282.